The molecule has 1 aliphatic rings. The van der Waals surface area contributed by atoms with Crippen LogP contribution in [0.4, 0.5) is 0 Å². The number of hydrogen-bond acceptors (Lipinski definition) is 5. The van der Waals surface area contributed by atoms with E-state index >= 15 is 0 Å². The van der Waals surface area contributed by atoms with Crippen LogP contribution in [-0.2, 0) is 18.9 Å². The van der Waals surface area contributed by atoms with Crippen LogP contribution >= 0.6 is 0 Å². The summed E-state index contributed by atoms with van der Waals surface area (Å²) in [4.78, 5) is 0. The second kappa shape index (κ2) is 8.03. The Bertz CT molecular complexity index is 303. The Morgan fingerprint density at radius 3 is 2.38 bits per heavy atom. The highest BCUT2D eigenvalue weighted by Gasteiger charge is 2.41. The van der Waals surface area contributed by atoms with Crippen LogP contribution in [0.15, 0.2) is 0 Å². The van der Waals surface area contributed by atoms with Crippen LogP contribution in [0, 0.1) is 0 Å². The topological polar surface area (TPSA) is 57.2 Å². The molecular formula is C15H32O5Si. The fraction of sp³-hybridized carbons (Fsp3) is 1.00. The second-order valence-corrected chi connectivity index (χ2v) is 13.1. The van der Waals surface area contributed by atoms with Gasteiger partial charge in [-0.25, -0.2) is 0 Å². The van der Waals surface area contributed by atoms with E-state index in [9.17, 15) is 5.11 Å². The van der Waals surface area contributed by atoms with Gasteiger partial charge in [0.2, 0.25) is 0 Å². The lowest BCUT2D eigenvalue weighted by Gasteiger charge is -2.21. The fourth-order valence-electron chi connectivity index (χ4n) is 2.26. The van der Waals surface area contributed by atoms with Crippen LogP contribution in [0.1, 0.15) is 27.2 Å². The van der Waals surface area contributed by atoms with Crippen LogP contribution < -0.4 is 0 Å². The van der Waals surface area contributed by atoms with Gasteiger partial charge in [0.1, 0.15) is 12.9 Å². The maximum absolute atomic E-state index is 9.34. The first kappa shape index (κ1) is 19.1. The molecule has 0 radical (unpaired) electrons. The van der Waals surface area contributed by atoms with Gasteiger partial charge in [-0.3, -0.25) is 0 Å². The van der Waals surface area contributed by atoms with Gasteiger partial charge in [0.05, 0.1) is 18.8 Å². The summed E-state index contributed by atoms with van der Waals surface area (Å²) in [6.45, 7) is 13.7. The zero-order chi connectivity index (χ0) is 16.1. The second-order valence-electron chi connectivity index (χ2n) is 7.44. The Balaban J connectivity index is 2.20. The van der Waals surface area contributed by atoms with E-state index in [0.717, 1.165) is 12.7 Å². The molecule has 0 aromatic rings. The van der Waals surface area contributed by atoms with Crippen molar-refractivity contribution in [1.29, 1.82) is 0 Å². The lowest BCUT2D eigenvalue weighted by atomic mass is 10.1. The van der Waals surface area contributed by atoms with Crippen molar-refractivity contribution in [3.05, 3.63) is 0 Å². The Morgan fingerprint density at radius 1 is 1.19 bits per heavy atom. The molecule has 21 heavy (non-hydrogen) atoms. The molecule has 3 atom stereocenters. The molecule has 0 spiro atoms. The summed E-state index contributed by atoms with van der Waals surface area (Å²) in [5.74, 6) is -0.633. The Morgan fingerprint density at radius 2 is 1.81 bits per heavy atom. The smallest absolute Gasteiger partial charge is 0.163 e. The fourth-order valence-corrected chi connectivity index (χ4v) is 3.02. The van der Waals surface area contributed by atoms with Crippen LogP contribution in [0.5, 0.6) is 0 Å². The summed E-state index contributed by atoms with van der Waals surface area (Å²) >= 11 is 0. The number of aliphatic hydroxyl groups excluding tert-OH is 1. The number of aliphatic hydroxyl groups is 1. The van der Waals surface area contributed by atoms with E-state index in [-0.39, 0.29) is 24.9 Å². The monoisotopic (exact) mass is 320 g/mol. The third kappa shape index (κ3) is 7.72. The molecule has 1 heterocycles. The summed E-state index contributed by atoms with van der Waals surface area (Å²) in [6.07, 6.45) is 0.278. The van der Waals surface area contributed by atoms with Crippen LogP contribution in [0.3, 0.4) is 0 Å². The first-order chi connectivity index (χ1) is 9.63. The van der Waals surface area contributed by atoms with Crippen molar-refractivity contribution >= 4 is 8.07 Å². The molecule has 1 N–H and O–H groups in total. The Kier molecular flexibility index (Phi) is 7.29. The zero-order valence-electron chi connectivity index (χ0n) is 14.3. The molecule has 0 aromatic heterocycles. The number of ether oxygens (including phenoxy) is 4. The standard InChI is InChI=1S/C15H32O5Si/c1-12(18-11-17-7-8-21(4,5)6)9-13-14(10-16)20-15(2,3)19-13/h12-14,16H,7-11H2,1-6H3. The van der Waals surface area contributed by atoms with Gasteiger partial charge in [0, 0.05) is 21.1 Å². The lowest BCUT2D eigenvalue weighted by molar-refractivity contribution is -0.153. The minimum atomic E-state index is -1.04. The maximum atomic E-state index is 9.34. The summed E-state index contributed by atoms with van der Waals surface area (Å²) in [7, 11) is -1.04. The van der Waals surface area contributed by atoms with E-state index in [1.165, 1.54) is 0 Å². The lowest BCUT2D eigenvalue weighted by Crippen LogP contribution is -2.30. The molecule has 6 heteroatoms. The van der Waals surface area contributed by atoms with Gasteiger partial charge in [-0.05, 0) is 26.8 Å². The van der Waals surface area contributed by atoms with Gasteiger partial charge in [-0.1, -0.05) is 19.6 Å². The average Bonchev–Trinajstić information content (AvgIpc) is 2.61. The number of hydrogen-bond donors (Lipinski definition) is 1. The van der Waals surface area contributed by atoms with Crippen molar-refractivity contribution in [1.82, 2.24) is 0 Å². The largest absolute Gasteiger partial charge is 0.394 e. The highest BCUT2D eigenvalue weighted by atomic mass is 28.3. The Hall–Kier alpha value is 0.0169. The summed E-state index contributed by atoms with van der Waals surface area (Å²) in [6, 6.07) is 1.14. The molecule has 0 aliphatic carbocycles. The molecular weight excluding hydrogens is 288 g/mol. The maximum Gasteiger partial charge on any atom is 0.163 e. The Labute approximate surface area is 129 Å². The van der Waals surface area contributed by atoms with Gasteiger partial charge in [-0.15, -0.1) is 0 Å². The molecule has 126 valence electrons. The quantitative estimate of drug-likeness (QED) is 0.402. The molecule has 3 unspecified atom stereocenters. The predicted octanol–water partition coefficient (Wildman–Crippen LogP) is 2.61. The number of rotatable bonds is 9. The molecule has 0 saturated carbocycles. The van der Waals surface area contributed by atoms with E-state index in [1.54, 1.807) is 0 Å². The van der Waals surface area contributed by atoms with Gasteiger partial charge in [-0.2, -0.15) is 0 Å². The summed E-state index contributed by atoms with van der Waals surface area (Å²) in [5.41, 5.74) is 0. The molecule has 1 rings (SSSR count). The van der Waals surface area contributed by atoms with Crippen molar-refractivity contribution in [2.45, 2.75) is 77.0 Å². The van der Waals surface area contributed by atoms with Crippen molar-refractivity contribution in [3.8, 4) is 0 Å². The molecule has 1 saturated heterocycles. The van der Waals surface area contributed by atoms with E-state index < -0.39 is 13.9 Å². The molecule has 0 aromatic carbocycles. The van der Waals surface area contributed by atoms with E-state index in [2.05, 4.69) is 19.6 Å². The van der Waals surface area contributed by atoms with Crippen LogP contribution in [0.2, 0.25) is 25.7 Å². The third-order valence-electron chi connectivity index (χ3n) is 3.46. The van der Waals surface area contributed by atoms with Gasteiger partial charge in [0.15, 0.2) is 5.79 Å². The van der Waals surface area contributed by atoms with E-state index in [0.29, 0.717) is 13.2 Å². The van der Waals surface area contributed by atoms with E-state index in [4.69, 9.17) is 18.9 Å². The first-order valence-electron chi connectivity index (χ1n) is 7.79. The van der Waals surface area contributed by atoms with E-state index in [1.807, 2.05) is 20.8 Å². The van der Waals surface area contributed by atoms with Crippen LogP contribution in [-0.4, -0.2) is 57.3 Å². The van der Waals surface area contributed by atoms with Gasteiger partial charge >= 0.3 is 0 Å². The van der Waals surface area contributed by atoms with Crippen molar-refractivity contribution in [3.63, 3.8) is 0 Å². The van der Waals surface area contributed by atoms with Crippen LogP contribution in [0.25, 0.3) is 0 Å². The SMILES string of the molecule is CC(CC1OC(C)(C)OC1CO)OCOCC[Si](C)(C)C. The third-order valence-corrected chi connectivity index (χ3v) is 5.17. The highest BCUT2D eigenvalue weighted by Crippen LogP contribution is 2.30. The normalized spacial score (nSPS) is 27.0. The first-order valence-corrected chi connectivity index (χ1v) is 11.5. The zero-order valence-corrected chi connectivity index (χ0v) is 15.3. The predicted molar refractivity (Wildman–Crippen MR) is 85.0 cm³/mol. The van der Waals surface area contributed by atoms with Crippen molar-refractivity contribution < 1.29 is 24.1 Å². The molecule has 1 fully saturated rings. The minimum absolute atomic E-state index is 0.00781. The average molecular weight is 321 g/mol. The van der Waals surface area contributed by atoms with Crippen molar-refractivity contribution in [2.24, 2.45) is 0 Å². The van der Waals surface area contributed by atoms with Gasteiger partial charge in [0.25, 0.3) is 0 Å². The van der Waals surface area contributed by atoms with Gasteiger partial charge < -0.3 is 24.1 Å². The summed E-state index contributed by atoms with van der Waals surface area (Å²) < 4.78 is 22.6. The molecule has 5 nitrogen and oxygen atoms in total. The van der Waals surface area contributed by atoms with Crippen molar-refractivity contribution in [2.75, 3.05) is 20.0 Å². The molecule has 0 bridgehead atoms. The molecule has 0 amide bonds. The summed E-state index contributed by atoms with van der Waals surface area (Å²) in [5, 5.41) is 9.34. The minimum Gasteiger partial charge on any atom is -0.394 e. The highest BCUT2D eigenvalue weighted by molar-refractivity contribution is 6.76. The molecule has 1 aliphatic heterocycles.